The van der Waals surface area contributed by atoms with E-state index < -0.39 is 0 Å². The Balaban J connectivity index is 2.70. The van der Waals surface area contributed by atoms with Gasteiger partial charge in [0.2, 0.25) is 5.96 Å². The predicted molar refractivity (Wildman–Crippen MR) is 49.2 cm³/mol. The number of nitrogens with two attached hydrogens (primary N) is 1. The number of aromatic nitrogens is 1. The summed E-state index contributed by atoms with van der Waals surface area (Å²) in [5.41, 5.74) is 9.10. The van der Waals surface area contributed by atoms with Crippen molar-refractivity contribution < 1.29 is 5.21 Å². The lowest BCUT2D eigenvalue weighted by molar-refractivity contribution is 0.232. The molecule has 1 aromatic rings. The van der Waals surface area contributed by atoms with Gasteiger partial charge in [0, 0.05) is 12.4 Å². The molecule has 0 unspecified atom stereocenters. The van der Waals surface area contributed by atoms with Crippen LogP contribution in [0.5, 0.6) is 0 Å². The van der Waals surface area contributed by atoms with E-state index in [-0.39, 0.29) is 5.96 Å². The summed E-state index contributed by atoms with van der Waals surface area (Å²) >= 11 is 0. The molecule has 0 aliphatic carbocycles. The third kappa shape index (κ3) is 2.72. The Hall–Kier alpha value is -1.62. The van der Waals surface area contributed by atoms with Crippen molar-refractivity contribution in [3.05, 3.63) is 29.6 Å². The second-order valence-corrected chi connectivity index (χ2v) is 2.62. The number of aliphatic imine (C=N–C) groups is 1. The lowest BCUT2D eigenvalue weighted by atomic mass is 10.2. The standard InChI is InChI=1S/C8H12N4O/c1-6-4-10-3-2-7(6)5-11-8(9)12-13/h2-4,13H,5H2,1H3,(H3,9,11,12). The monoisotopic (exact) mass is 180 g/mol. The molecular weight excluding hydrogens is 168 g/mol. The summed E-state index contributed by atoms with van der Waals surface area (Å²) in [6.45, 7) is 2.38. The number of pyridine rings is 1. The SMILES string of the molecule is Cc1cnccc1CN=C(N)NO. The molecule has 0 fully saturated rings. The first-order valence-corrected chi connectivity index (χ1v) is 3.83. The molecule has 4 N–H and O–H groups in total. The summed E-state index contributed by atoms with van der Waals surface area (Å²) in [4.78, 5) is 7.83. The van der Waals surface area contributed by atoms with Gasteiger partial charge in [-0.25, -0.2) is 10.5 Å². The normalized spacial score (nSPS) is 11.4. The molecular formula is C8H12N4O. The third-order valence-electron chi connectivity index (χ3n) is 1.67. The number of rotatable bonds is 2. The summed E-state index contributed by atoms with van der Waals surface area (Å²) in [7, 11) is 0. The van der Waals surface area contributed by atoms with Crippen LogP contribution in [0.4, 0.5) is 0 Å². The maximum atomic E-state index is 8.36. The maximum absolute atomic E-state index is 8.36. The largest absolute Gasteiger partial charge is 0.368 e. The summed E-state index contributed by atoms with van der Waals surface area (Å²) in [6.07, 6.45) is 3.45. The van der Waals surface area contributed by atoms with Crippen LogP contribution in [-0.4, -0.2) is 16.2 Å². The number of guanidine groups is 1. The van der Waals surface area contributed by atoms with Crippen molar-refractivity contribution in [2.75, 3.05) is 0 Å². The molecule has 5 nitrogen and oxygen atoms in total. The highest BCUT2D eigenvalue weighted by Crippen LogP contribution is 2.05. The van der Waals surface area contributed by atoms with Gasteiger partial charge >= 0.3 is 0 Å². The molecule has 0 aliphatic heterocycles. The number of nitrogens with one attached hydrogen (secondary N) is 1. The fourth-order valence-electron chi connectivity index (χ4n) is 0.885. The average molecular weight is 180 g/mol. The molecule has 0 aromatic carbocycles. The quantitative estimate of drug-likeness (QED) is 0.344. The Morgan fingerprint density at radius 1 is 1.77 bits per heavy atom. The van der Waals surface area contributed by atoms with Crippen molar-refractivity contribution in [1.29, 1.82) is 0 Å². The van der Waals surface area contributed by atoms with Crippen molar-refractivity contribution in [2.45, 2.75) is 13.5 Å². The molecule has 1 heterocycles. The highest BCUT2D eigenvalue weighted by Gasteiger charge is 1.95. The van der Waals surface area contributed by atoms with Gasteiger partial charge in [-0.15, -0.1) is 0 Å². The smallest absolute Gasteiger partial charge is 0.213 e. The molecule has 70 valence electrons. The topological polar surface area (TPSA) is 83.5 Å². The molecule has 0 aliphatic rings. The van der Waals surface area contributed by atoms with E-state index in [9.17, 15) is 0 Å². The van der Waals surface area contributed by atoms with Gasteiger partial charge in [-0.3, -0.25) is 10.2 Å². The second-order valence-electron chi connectivity index (χ2n) is 2.62. The van der Waals surface area contributed by atoms with Crippen LogP contribution in [0.1, 0.15) is 11.1 Å². The third-order valence-corrected chi connectivity index (χ3v) is 1.67. The zero-order valence-corrected chi connectivity index (χ0v) is 7.36. The molecule has 5 heteroatoms. The first kappa shape index (κ1) is 9.47. The van der Waals surface area contributed by atoms with Crippen LogP contribution in [0.15, 0.2) is 23.5 Å². The Kier molecular flexibility index (Phi) is 3.22. The van der Waals surface area contributed by atoms with Crippen molar-refractivity contribution in [3.63, 3.8) is 0 Å². The van der Waals surface area contributed by atoms with Crippen LogP contribution >= 0.6 is 0 Å². The van der Waals surface area contributed by atoms with E-state index in [0.29, 0.717) is 6.54 Å². The number of hydrogen-bond donors (Lipinski definition) is 3. The number of hydrogen-bond acceptors (Lipinski definition) is 3. The molecule has 0 saturated carbocycles. The first-order valence-electron chi connectivity index (χ1n) is 3.83. The molecule has 13 heavy (non-hydrogen) atoms. The fraction of sp³-hybridized carbons (Fsp3) is 0.250. The Bertz CT molecular complexity index is 311. The van der Waals surface area contributed by atoms with Crippen LogP contribution < -0.4 is 11.2 Å². The molecule has 0 bridgehead atoms. The lowest BCUT2D eigenvalue weighted by Gasteiger charge is -2.01. The minimum atomic E-state index is 0.0104. The van der Waals surface area contributed by atoms with Crippen LogP contribution in [0.3, 0.4) is 0 Å². The van der Waals surface area contributed by atoms with Crippen LogP contribution in [0.2, 0.25) is 0 Å². The summed E-state index contributed by atoms with van der Waals surface area (Å²) in [5.74, 6) is 0.0104. The first-order chi connectivity index (χ1) is 6.24. The minimum Gasteiger partial charge on any atom is -0.368 e. The van der Waals surface area contributed by atoms with E-state index in [2.05, 4.69) is 9.98 Å². The van der Waals surface area contributed by atoms with E-state index in [1.165, 1.54) is 0 Å². The fourth-order valence-corrected chi connectivity index (χ4v) is 0.885. The Labute approximate surface area is 76.3 Å². The summed E-state index contributed by atoms with van der Waals surface area (Å²) < 4.78 is 0. The van der Waals surface area contributed by atoms with Gasteiger partial charge in [0.05, 0.1) is 6.54 Å². The van der Waals surface area contributed by atoms with Crippen molar-refractivity contribution in [3.8, 4) is 0 Å². The molecule has 1 rings (SSSR count). The average Bonchev–Trinajstić information content (AvgIpc) is 2.16. The highest BCUT2D eigenvalue weighted by atomic mass is 16.5. The van der Waals surface area contributed by atoms with Crippen LogP contribution in [0.25, 0.3) is 0 Å². The number of hydroxylamine groups is 1. The molecule has 0 amide bonds. The minimum absolute atomic E-state index is 0.0104. The predicted octanol–water partition coefficient (Wildman–Crippen LogP) is 0.184. The van der Waals surface area contributed by atoms with E-state index in [1.54, 1.807) is 17.9 Å². The number of aryl methyl sites for hydroxylation is 1. The Morgan fingerprint density at radius 2 is 2.54 bits per heavy atom. The summed E-state index contributed by atoms with van der Waals surface area (Å²) in [6, 6.07) is 1.86. The second kappa shape index (κ2) is 4.42. The highest BCUT2D eigenvalue weighted by molar-refractivity contribution is 5.76. The van der Waals surface area contributed by atoms with Gasteiger partial charge in [-0.1, -0.05) is 0 Å². The van der Waals surface area contributed by atoms with Crippen LogP contribution in [-0.2, 0) is 6.54 Å². The van der Waals surface area contributed by atoms with Gasteiger partial charge < -0.3 is 5.73 Å². The van der Waals surface area contributed by atoms with E-state index in [0.717, 1.165) is 11.1 Å². The van der Waals surface area contributed by atoms with E-state index >= 15 is 0 Å². The molecule has 0 atom stereocenters. The summed E-state index contributed by atoms with van der Waals surface area (Å²) in [5, 5.41) is 8.36. The van der Waals surface area contributed by atoms with Crippen molar-refractivity contribution in [1.82, 2.24) is 10.5 Å². The zero-order chi connectivity index (χ0) is 9.68. The van der Waals surface area contributed by atoms with Gasteiger partial charge in [0.25, 0.3) is 0 Å². The van der Waals surface area contributed by atoms with E-state index in [4.69, 9.17) is 10.9 Å². The van der Waals surface area contributed by atoms with Crippen LogP contribution in [0, 0.1) is 6.92 Å². The maximum Gasteiger partial charge on any atom is 0.213 e. The Morgan fingerprint density at radius 3 is 3.15 bits per heavy atom. The molecule has 0 spiro atoms. The molecule has 0 saturated heterocycles. The molecule has 1 aromatic heterocycles. The van der Waals surface area contributed by atoms with Gasteiger partial charge in [0.1, 0.15) is 0 Å². The number of nitrogens with zero attached hydrogens (tertiary/aromatic N) is 2. The van der Waals surface area contributed by atoms with Crippen molar-refractivity contribution >= 4 is 5.96 Å². The zero-order valence-electron chi connectivity index (χ0n) is 7.36. The lowest BCUT2D eigenvalue weighted by Crippen LogP contribution is -2.28. The van der Waals surface area contributed by atoms with E-state index in [1.807, 2.05) is 13.0 Å². The molecule has 0 radical (unpaired) electrons. The van der Waals surface area contributed by atoms with Crippen molar-refractivity contribution in [2.24, 2.45) is 10.7 Å². The van der Waals surface area contributed by atoms with Gasteiger partial charge in [-0.2, -0.15) is 0 Å². The van der Waals surface area contributed by atoms with Gasteiger partial charge in [0.15, 0.2) is 0 Å². The van der Waals surface area contributed by atoms with Gasteiger partial charge in [-0.05, 0) is 24.1 Å².